The summed E-state index contributed by atoms with van der Waals surface area (Å²) in [6.07, 6.45) is -5.66. The van der Waals surface area contributed by atoms with Crippen molar-refractivity contribution in [3.05, 3.63) is 12.2 Å². The molecule has 0 fully saturated rings. The van der Waals surface area contributed by atoms with Gasteiger partial charge in [0, 0.05) is 5.33 Å². The van der Waals surface area contributed by atoms with E-state index >= 15 is 0 Å². The highest BCUT2D eigenvalue weighted by molar-refractivity contribution is 9.09. The lowest BCUT2D eigenvalue weighted by Crippen LogP contribution is -2.73. The minimum absolute atomic E-state index is 0.0791. The summed E-state index contributed by atoms with van der Waals surface area (Å²) in [7, 11) is 0. The lowest BCUT2D eigenvalue weighted by molar-refractivity contribution is -0.453. The monoisotopic (exact) mass is 532 g/mol. The molecule has 17 heteroatoms. The van der Waals surface area contributed by atoms with Crippen LogP contribution >= 0.6 is 15.9 Å². The van der Waals surface area contributed by atoms with Gasteiger partial charge in [0.2, 0.25) is 0 Å². The molecule has 0 bridgehead atoms. The van der Waals surface area contributed by atoms with E-state index in [1.807, 2.05) is 0 Å². The molecule has 1 nitrogen and oxygen atoms in total. The van der Waals surface area contributed by atoms with Gasteiger partial charge in [-0.3, -0.25) is 0 Å². The first kappa shape index (κ1) is 28.1. The molecule has 0 N–H and O–H groups in total. The maximum Gasteiger partial charge on any atom is 0.460 e. The second-order valence-corrected chi connectivity index (χ2v) is 5.86. The zero-order chi connectivity index (χ0) is 23.7. The summed E-state index contributed by atoms with van der Waals surface area (Å²) in [5, 5.41) is 0.0791. The first-order valence-corrected chi connectivity index (χ1v) is 7.80. The van der Waals surface area contributed by atoms with Gasteiger partial charge in [-0.1, -0.05) is 28.1 Å². The Morgan fingerprint density at radius 3 is 1.31 bits per heavy atom. The largest absolute Gasteiger partial charge is 0.460 e. The smallest absolute Gasteiger partial charge is 0.371 e. The molecule has 0 unspecified atom stereocenters. The van der Waals surface area contributed by atoms with Crippen LogP contribution in [-0.2, 0) is 4.74 Å². The van der Waals surface area contributed by atoms with Gasteiger partial charge < -0.3 is 4.74 Å². The summed E-state index contributed by atoms with van der Waals surface area (Å²) in [6, 6.07) is 0. The maximum absolute atomic E-state index is 13.3. The number of hydrogen-bond donors (Lipinski definition) is 0. The number of rotatable bonds is 10. The van der Waals surface area contributed by atoms with Crippen molar-refractivity contribution in [1.82, 2.24) is 0 Å². The average molecular weight is 533 g/mol. The summed E-state index contributed by atoms with van der Waals surface area (Å²) in [6.45, 7) is -3.78. The Hall–Kier alpha value is -0.870. The fourth-order valence-electron chi connectivity index (χ4n) is 1.48. The van der Waals surface area contributed by atoms with Crippen molar-refractivity contribution in [2.24, 2.45) is 0 Å². The third kappa shape index (κ3) is 4.58. The molecule has 0 aliphatic carbocycles. The van der Waals surface area contributed by atoms with Crippen LogP contribution in [0.2, 0.25) is 0 Å². The minimum atomic E-state index is -8.28. The fraction of sp³-hybridized carbons (Fsp3) is 0.833. The molecule has 29 heavy (non-hydrogen) atoms. The van der Waals surface area contributed by atoms with Gasteiger partial charge in [0.15, 0.2) is 0 Å². The predicted molar refractivity (Wildman–Crippen MR) is 69.5 cm³/mol. The van der Waals surface area contributed by atoms with Crippen LogP contribution in [0, 0.1) is 0 Å². The zero-order valence-electron chi connectivity index (χ0n) is 13.2. The Morgan fingerprint density at radius 1 is 0.552 bits per heavy atom. The van der Waals surface area contributed by atoms with Crippen LogP contribution in [0.3, 0.4) is 0 Å². The molecular weight excluding hydrogens is 525 g/mol. The van der Waals surface area contributed by atoms with Crippen molar-refractivity contribution in [3.63, 3.8) is 0 Å². The second-order valence-electron chi connectivity index (χ2n) is 5.22. The number of ether oxygens (including phenoxy) is 1. The van der Waals surface area contributed by atoms with Gasteiger partial charge in [0.25, 0.3) is 0 Å². The predicted octanol–water partition coefficient (Wildman–Crippen LogP) is 6.33. The Kier molecular flexibility index (Phi) is 8.09. The van der Waals surface area contributed by atoms with Crippen molar-refractivity contribution in [2.75, 3.05) is 18.5 Å². The Labute approximate surface area is 160 Å². The lowest BCUT2D eigenvalue weighted by atomic mass is 9.91. The average Bonchev–Trinajstić information content (AvgIpc) is 2.52. The van der Waals surface area contributed by atoms with Crippen LogP contribution < -0.4 is 0 Å². The van der Waals surface area contributed by atoms with Crippen LogP contribution in [-0.4, -0.2) is 60.3 Å². The van der Waals surface area contributed by atoms with Crippen LogP contribution in [0.4, 0.5) is 65.9 Å². The molecule has 0 saturated carbocycles. The summed E-state index contributed by atoms with van der Waals surface area (Å²) in [5.74, 6) is -46.5. The van der Waals surface area contributed by atoms with Gasteiger partial charge in [-0.25, -0.2) is 0 Å². The molecule has 0 aromatic carbocycles. The molecule has 0 aliphatic heterocycles. The molecule has 0 aliphatic rings. The summed E-state index contributed by atoms with van der Waals surface area (Å²) < 4.78 is 197. The molecule has 0 radical (unpaired) electrons. The quantitative estimate of drug-likeness (QED) is 0.138. The summed E-state index contributed by atoms with van der Waals surface area (Å²) in [5.41, 5.74) is 0. The number of hydrogen-bond acceptors (Lipinski definition) is 1. The van der Waals surface area contributed by atoms with Crippen molar-refractivity contribution in [2.45, 2.75) is 41.7 Å². The first-order chi connectivity index (χ1) is 12.6. The molecule has 0 aromatic heterocycles. The van der Waals surface area contributed by atoms with Crippen LogP contribution in [0.25, 0.3) is 0 Å². The van der Waals surface area contributed by atoms with Crippen LogP contribution in [0.1, 0.15) is 0 Å². The van der Waals surface area contributed by atoms with E-state index in [-0.39, 0.29) is 5.33 Å². The lowest BCUT2D eigenvalue weighted by Gasteiger charge is -2.41. The van der Waals surface area contributed by atoms with E-state index in [0.29, 0.717) is 0 Å². The Bertz CT molecular complexity index is 580. The second kappa shape index (κ2) is 8.34. The fourth-order valence-corrected chi connectivity index (χ4v) is 1.74. The van der Waals surface area contributed by atoms with E-state index in [1.165, 1.54) is 0 Å². The van der Waals surface area contributed by atoms with E-state index in [2.05, 4.69) is 20.7 Å². The van der Waals surface area contributed by atoms with Crippen LogP contribution in [0.5, 0.6) is 0 Å². The number of alkyl halides is 16. The third-order valence-corrected chi connectivity index (χ3v) is 3.52. The van der Waals surface area contributed by atoms with Gasteiger partial charge in [0.05, 0.1) is 6.61 Å². The van der Waals surface area contributed by atoms with Gasteiger partial charge in [0.1, 0.15) is 6.61 Å². The molecule has 0 spiro atoms. The molecule has 0 aromatic rings. The molecule has 0 saturated heterocycles. The number of halogens is 16. The molecule has 0 rings (SSSR count). The van der Waals surface area contributed by atoms with Crippen LogP contribution in [0.15, 0.2) is 12.2 Å². The minimum Gasteiger partial charge on any atom is -0.371 e. The van der Waals surface area contributed by atoms with E-state index in [9.17, 15) is 65.9 Å². The first-order valence-electron chi connectivity index (χ1n) is 6.68. The molecular formula is C12H8BrF15O. The molecule has 0 heterocycles. The topological polar surface area (TPSA) is 9.23 Å². The molecule has 0 atom stereocenters. The van der Waals surface area contributed by atoms with Gasteiger partial charge in [-0.15, -0.1) is 0 Å². The van der Waals surface area contributed by atoms with Gasteiger partial charge >= 0.3 is 41.7 Å². The van der Waals surface area contributed by atoms with Crippen molar-refractivity contribution in [1.29, 1.82) is 0 Å². The Morgan fingerprint density at radius 2 is 0.931 bits per heavy atom. The highest BCUT2D eigenvalue weighted by atomic mass is 79.9. The molecule has 174 valence electrons. The highest BCUT2D eigenvalue weighted by Gasteiger charge is 2.93. The van der Waals surface area contributed by atoms with Crippen molar-refractivity contribution in [3.8, 4) is 0 Å². The van der Waals surface area contributed by atoms with Crippen molar-refractivity contribution >= 4 is 15.9 Å². The summed E-state index contributed by atoms with van der Waals surface area (Å²) in [4.78, 5) is 0. The van der Waals surface area contributed by atoms with Gasteiger partial charge in [-0.2, -0.15) is 65.9 Å². The third-order valence-electron chi connectivity index (χ3n) is 3.15. The van der Waals surface area contributed by atoms with Crippen molar-refractivity contribution < 1.29 is 70.6 Å². The van der Waals surface area contributed by atoms with Gasteiger partial charge in [-0.05, 0) is 0 Å². The zero-order valence-corrected chi connectivity index (χ0v) is 14.8. The number of allylic oxidation sites excluding steroid dienone is 1. The highest BCUT2D eigenvalue weighted by Crippen LogP contribution is 2.62. The standard InChI is InChI=1S/C12H8BrF15O/c13-3-1-2-4-29-5-6(14,15)7(16,17)8(18,19)9(20,21)10(22,23)11(24,25)12(26,27)28/h1-2H,3-5H2. The van der Waals surface area contributed by atoms with E-state index in [1.54, 1.807) is 0 Å². The van der Waals surface area contributed by atoms with E-state index in [4.69, 9.17) is 0 Å². The maximum atomic E-state index is 13.3. The Balaban J connectivity index is 6.06. The SMILES string of the molecule is FC(F)(F)C(F)(F)C(F)(F)C(F)(F)C(F)(F)C(F)(F)C(F)(F)COCC=CCBr. The molecule has 0 amide bonds. The summed E-state index contributed by atoms with van der Waals surface area (Å²) >= 11 is 2.76. The normalized spacial score (nSPS) is 16.0. The van der Waals surface area contributed by atoms with E-state index < -0.39 is 54.9 Å². The van der Waals surface area contributed by atoms with E-state index in [0.717, 1.165) is 12.2 Å².